The summed E-state index contributed by atoms with van der Waals surface area (Å²) in [7, 11) is 1.79. The number of benzene rings is 1. The molecular weight excluding hydrogens is 255 g/mol. The highest BCUT2D eigenvalue weighted by Gasteiger charge is 2.30. The van der Waals surface area contributed by atoms with Crippen molar-refractivity contribution in [1.82, 2.24) is 5.32 Å². The summed E-state index contributed by atoms with van der Waals surface area (Å²) in [6, 6.07) is 5.28. The van der Waals surface area contributed by atoms with E-state index in [9.17, 15) is 13.2 Å². The van der Waals surface area contributed by atoms with Crippen LogP contribution in [0.4, 0.5) is 13.2 Å². The van der Waals surface area contributed by atoms with E-state index < -0.39 is 11.7 Å². The average molecular weight is 275 g/mol. The summed E-state index contributed by atoms with van der Waals surface area (Å²) in [6.07, 6.45) is -2.58. The maximum atomic E-state index is 12.5. The molecule has 0 radical (unpaired) electrons. The van der Waals surface area contributed by atoms with Gasteiger partial charge in [-0.1, -0.05) is 19.1 Å². The molecule has 0 saturated heterocycles. The molecule has 0 bridgehead atoms. The fraction of sp³-hybridized carbons (Fsp3) is 0.571. The Morgan fingerprint density at radius 2 is 1.79 bits per heavy atom. The number of hydrogen-bond acceptors (Lipinski definition) is 2. The predicted octanol–water partition coefficient (Wildman–Crippen LogP) is 3.78. The Morgan fingerprint density at radius 3 is 2.26 bits per heavy atom. The fourth-order valence-electron chi connectivity index (χ4n) is 1.83. The van der Waals surface area contributed by atoms with Crippen LogP contribution in [0.1, 0.15) is 36.9 Å². The van der Waals surface area contributed by atoms with Gasteiger partial charge in [-0.3, -0.25) is 0 Å². The molecule has 0 aliphatic rings. The van der Waals surface area contributed by atoms with E-state index in [-0.39, 0.29) is 6.04 Å². The molecule has 1 unspecified atom stereocenters. The molecule has 0 aromatic heterocycles. The van der Waals surface area contributed by atoms with E-state index in [0.29, 0.717) is 13.2 Å². The van der Waals surface area contributed by atoms with E-state index in [4.69, 9.17) is 4.74 Å². The van der Waals surface area contributed by atoms with Crippen molar-refractivity contribution in [3.63, 3.8) is 0 Å². The highest BCUT2D eigenvalue weighted by atomic mass is 19.4. The molecule has 1 atom stereocenters. The number of rotatable bonds is 7. The van der Waals surface area contributed by atoms with Crippen molar-refractivity contribution in [1.29, 1.82) is 0 Å². The van der Waals surface area contributed by atoms with E-state index in [2.05, 4.69) is 5.32 Å². The molecule has 1 N–H and O–H groups in total. The molecule has 0 heterocycles. The molecule has 0 aliphatic carbocycles. The van der Waals surface area contributed by atoms with Gasteiger partial charge in [-0.2, -0.15) is 13.2 Å². The third kappa shape index (κ3) is 5.20. The highest BCUT2D eigenvalue weighted by molar-refractivity contribution is 5.26. The molecule has 0 spiro atoms. The van der Waals surface area contributed by atoms with E-state index in [1.54, 1.807) is 7.05 Å². The van der Waals surface area contributed by atoms with Crippen LogP contribution in [0.15, 0.2) is 24.3 Å². The van der Waals surface area contributed by atoms with Crippen molar-refractivity contribution in [2.45, 2.75) is 32.0 Å². The minimum absolute atomic E-state index is 0.0131. The Morgan fingerprint density at radius 1 is 1.16 bits per heavy atom. The average Bonchev–Trinajstić information content (AvgIpc) is 2.38. The summed E-state index contributed by atoms with van der Waals surface area (Å²) in [5.41, 5.74) is 0.226. The standard InChI is InChI=1S/C14H20F3NO/c1-3-9-19-10-8-13(18-2)11-4-6-12(7-5-11)14(15,16)17/h4-7,13,18H,3,8-10H2,1-2H3. The molecule has 1 aromatic rings. The summed E-state index contributed by atoms with van der Waals surface area (Å²) in [5.74, 6) is 0. The molecule has 5 heteroatoms. The first kappa shape index (κ1) is 16.0. The summed E-state index contributed by atoms with van der Waals surface area (Å²) in [6.45, 7) is 3.34. The minimum atomic E-state index is -4.28. The van der Waals surface area contributed by atoms with Gasteiger partial charge in [0.15, 0.2) is 0 Å². The Hall–Kier alpha value is -1.07. The SMILES string of the molecule is CCCOCCC(NC)c1ccc(C(F)(F)F)cc1. The van der Waals surface area contributed by atoms with Crippen LogP contribution in [0.5, 0.6) is 0 Å². The van der Waals surface area contributed by atoms with Crippen molar-refractivity contribution in [3.8, 4) is 0 Å². The normalized spacial score (nSPS) is 13.5. The number of nitrogens with one attached hydrogen (secondary N) is 1. The molecule has 0 amide bonds. The molecule has 1 aromatic carbocycles. The second kappa shape index (κ2) is 7.50. The summed E-state index contributed by atoms with van der Waals surface area (Å²) >= 11 is 0. The van der Waals surface area contributed by atoms with Gasteiger partial charge < -0.3 is 10.1 Å². The van der Waals surface area contributed by atoms with Crippen LogP contribution in [0.3, 0.4) is 0 Å². The number of ether oxygens (including phenoxy) is 1. The van der Waals surface area contributed by atoms with Crippen LogP contribution >= 0.6 is 0 Å². The number of alkyl halides is 3. The summed E-state index contributed by atoms with van der Waals surface area (Å²) in [5, 5.41) is 3.09. The van der Waals surface area contributed by atoms with Crippen molar-refractivity contribution in [2.75, 3.05) is 20.3 Å². The Balaban J connectivity index is 2.61. The zero-order chi connectivity index (χ0) is 14.3. The lowest BCUT2D eigenvalue weighted by Crippen LogP contribution is -2.18. The molecule has 0 saturated carbocycles. The Bertz CT molecular complexity index is 362. The van der Waals surface area contributed by atoms with Crippen molar-refractivity contribution < 1.29 is 17.9 Å². The van der Waals surface area contributed by atoms with Gasteiger partial charge in [0.2, 0.25) is 0 Å². The van der Waals surface area contributed by atoms with Gasteiger partial charge in [0.1, 0.15) is 0 Å². The van der Waals surface area contributed by atoms with Crippen LogP contribution < -0.4 is 5.32 Å². The van der Waals surface area contributed by atoms with Gasteiger partial charge >= 0.3 is 6.18 Å². The topological polar surface area (TPSA) is 21.3 Å². The molecular formula is C14H20F3NO. The van der Waals surface area contributed by atoms with Crippen molar-refractivity contribution >= 4 is 0 Å². The second-order valence-corrected chi connectivity index (χ2v) is 4.36. The van der Waals surface area contributed by atoms with Gasteiger partial charge in [-0.05, 0) is 37.6 Å². The number of halogens is 3. The predicted molar refractivity (Wildman–Crippen MR) is 69.0 cm³/mol. The monoisotopic (exact) mass is 275 g/mol. The van der Waals surface area contributed by atoms with Crippen LogP contribution in [-0.2, 0) is 10.9 Å². The van der Waals surface area contributed by atoms with Crippen molar-refractivity contribution in [2.24, 2.45) is 0 Å². The Labute approximate surface area is 112 Å². The molecule has 2 nitrogen and oxygen atoms in total. The molecule has 0 aliphatic heterocycles. The van der Waals surface area contributed by atoms with Gasteiger partial charge in [-0.25, -0.2) is 0 Å². The fourth-order valence-corrected chi connectivity index (χ4v) is 1.83. The Kier molecular flexibility index (Phi) is 6.31. The van der Waals surface area contributed by atoms with E-state index in [1.807, 2.05) is 6.92 Å². The minimum Gasteiger partial charge on any atom is -0.381 e. The zero-order valence-electron chi connectivity index (χ0n) is 11.3. The third-order valence-electron chi connectivity index (χ3n) is 2.89. The van der Waals surface area contributed by atoms with E-state index in [1.165, 1.54) is 12.1 Å². The highest BCUT2D eigenvalue weighted by Crippen LogP contribution is 2.30. The second-order valence-electron chi connectivity index (χ2n) is 4.36. The quantitative estimate of drug-likeness (QED) is 0.765. The first-order valence-corrected chi connectivity index (χ1v) is 6.41. The lowest BCUT2D eigenvalue weighted by Gasteiger charge is -2.17. The molecule has 0 fully saturated rings. The van der Waals surface area contributed by atoms with E-state index >= 15 is 0 Å². The summed E-state index contributed by atoms with van der Waals surface area (Å²) < 4.78 is 42.8. The molecule has 1 rings (SSSR count). The lowest BCUT2D eigenvalue weighted by molar-refractivity contribution is -0.137. The number of hydrogen-bond donors (Lipinski definition) is 1. The van der Waals surface area contributed by atoms with Crippen molar-refractivity contribution in [3.05, 3.63) is 35.4 Å². The molecule has 19 heavy (non-hydrogen) atoms. The smallest absolute Gasteiger partial charge is 0.381 e. The van der Waals surface area contributed by atoms with Gasteiger partial charge in [0.25, 0.3) is 0 Å². The van der Waals surface area contributed by atoms with E-state index in [0.717, 1.165) is 30.5 Å². The van der Waals surface area contributed by atoms with Gasteiger partial charge in [0.05, 0.1) is 5.56 Å². The first-order chi connectivity index (χ1) is 8.99. The largest absolute Gasteiger partial charge is 0.416 e. The lowest BCUT2D eigenvalue weighted by atomic mass is 10.0. The maximum absolute atomic E-state index is 12.5. The van der Waals surface area contributed by atoms with Gasteiger partial charge in [-0.15, -0.1) is 0 Å². The third-order valence-corrected chi connectivity index (χ3v) is 2.89. The molecule has 108 valence electrons. The first-order valence-electron chi connectivity index (χ1n) is 6.41. The van der Waals surface area contributed by atoms with Crippen LogP contribution in [0.2, 0.25) is 0 Å². The summed E-state index contributed by atoms with van der Waals surface area (Å²) in [4.78, 5) is 0. The van der Waals surface area contributed by atoms with Crippen LogP contribution in [0.25, 0.3) is 0 Å². The maximum Gasteiger partial charge on any atom is 0.416 e. The van der Waals surface area contributed by atoms with Crippen LogP contribution in [-0.4, -0.2) is 20.3 Å². The van der Waals surface area contributed by atoms with Gasteiger partial charge in [0, 0.05) is 19.3 Å². The van der Waals surface area contributed by atoms with Crippen LogP contribution in [0, 0.1) is 0 Å². The zero-order valence-corrected chi connectivity index (χ0v) is 11.3.